The van der Waals surface area contributed by atoms with Gasteiger partial charge in [0.15, 0.2) is 0 Å². The Kier molecular flexibility index (Phi) is 4.52. The number of benzene rings is 1. The smallest absolute Gasteiger partial charge is 0.251 e. The number of aromatic nitrogens is 2. The van der Waals surface area contributed by atoms with Crippen molar-refractivity contribution in [3.63, 3.8) is 0 Å². The lowest BCUT2D eigenvalue weighted by Crippen LogP contribution is -2.33. The first-order valence-corrected chi connectivity index (χ1v) is 8.28. The van der Waals surface area contributed by atoms with Gasteiger partial charge in [-0.15, -0.1) is 10.2 Å². The first-order valence-electron chi connectivity index (χ1n) is 7.34. The highest BCUT2D eigenvalue weighted by Gasteiger charge is 2.12. The van der Waals surface area contributed by atoms with Gasteiger partial charge in [0.05, 0.1) is 0 Å². The van der Waals surface area contributed by atoms with Crippen LogP contribution in [0.5, 0.6) is 0 Å². The van der Waals surface area contributed by atoms with Crippen molar-refractivity contribution in [3.8, 4) is 11.5 Å². The third kappa shape index (κ3) is 3.84. The van der Waals surface area contributed by atoms with Crippen molar-refractivity contribution in [2.45, 2.75) is 26.3 Å². The van der Waals surface area contributed by atoms with Gasteiger partial charge in [-0.2, -0.15) is 11.3 Å². The lowest BCUT2D eigenvalue weighted by Gasteiger charge is -2.13. The van der Waals surface area contributed by atoms with Gasteiger partial charge in [-0.3, -0.25) is 4.79 Å². The molecule has 1 atom stereocenters. The minimum absolute atomic E-state index is 0.0790. The second kappa shape index (κ2) is 6.75. The molecular weight excluding hydrogens is 310 g/mol. The average Bonchev–Trinajstić information content (AvgIpc) is 3.19. The third-order valence-corrected chi connectivity index (χ3v) is 4.15. The fourth-order valence-corrected chi connectivity index (χ4v) is 2.98. The van der Waals surface area contributed by atoms with Crippen molar-refractivity contribution < 1.29 is 9.21 Å². The second-order valence-electron chi connectivity index (χ2n) is 5.41. The van der Waals surface area contributed by atoms with Crippen LogP contribution in [-0.2, 0) is 6.42 Å². The molecule has 1 amide bonds. The molecule has 118 valence electrons. The summed E-state index contributed by atoms with van der Waals surface area (Å²) in [6.07, 6.45) is 0.828. The van der Waals surface area contributed by atoms with Gasteiger partial charge in [-0.1, -0.05) is 0 Å². The first kappa shape index (κ1) is 15.4. The number of carbonyl (C=O) groups is 1. The molecule has 0 bridgehead atoms. The molecule has 0 aliphatic heterocycles. The van der Waals surface area contributed by atoms with Crippen LogP contribution < -0.4 is 5.32 Å². The predicted octanol–water partition coefficient (Wildman–Crippen LogP) is 3.47. The Labute approximate surface area is 138 Å². The van der Waals surface area contributed by atoms with Crippen LogP contribution in [-0.4, -0.2) is 22.1 Å². The van der Waals surface area contributed by atoms with Gasteiger partial charge >= 0.3 is 0 Å². The topological polar surface area (TPSA) is 68.0 Å². The van der Waals surface area contributed by atoms with E-state index in [1.165, 1.54) is 5.56 Å². The Morgan fingerprint density at radius 3 is 2.65 bits per heavy atom. The molecule has 0 aliphatic carbocycles. The summed E-state index contributed by atoms with van der Waals surface area (Å²) in [6.45, 7) is 3.75. The fourth-order valence-electron chi connectivity index (χ4n) is 2.30. The maximum atomic E-state index is 12.3. The van der Waals surface area contributed by atoms with Crippen molar-refractivity contribution in [2.75, 3.05) is 0 Å². The molecule has 0 saturated carbocycles. The molecular formula is C17H17N3O2S. The zero-order valence-electron chi connectivity index (χ0n) is 12.9. The maximum absolute atomic E-state index is 12.3. The van der Waals surface area contributed by atoms with Gasteiger partial charge in [-0.05, 0) is 60.0 Å². The van der Waals surface area contributed by atoms with E-state index in [4.69, 9.17) is 4.42 Å². The molecule has 23 heavy (non-hydrogen) atoms. The van der Waals surface area contributed by atoms with E-state index >= 15 is 0 Å². The fraction of sp³-hybridized carbons (Fsp3) is 0.235. The number of thiophene rings is 1. The Balaban J connectivity index is 1.63. The molecule has 1 aromatic carbocycles. The molecule has 0 unspecified atom stereocenters. The molecule has 0 fully saturated rings. The summed E-state index contributed by atoms with van der Waals surface area (Å²) in [7, 11) is 0. The molecule has 0 spiro atoms. The van der Waals surface area contributed by atoms with E-state index in [0.29, 0.717) is 17.3 Å². The summed E-state index contributed by atoms with van der Waals surface area (Å²) < 4.78 is 5.37. The van der Waals surface area contributed by atoms with Crippen LogP contribution in [0.3, 0.4) is 0 Å². The van der Waals surface area contributed by atoms with Crippen LogP contribution in [0.4, 0.5) is 0 Å². The predicted molar refractivity (Wildman–Crippen MR) is 89.4 cm³/mol. The molecule has 1 N–H and O–H groups in total. The molecule has 6 heteroatoms. The van der Waals surface area contributed by atoms with Crippen LogP contribution in [0.15, 0.2) is 45.5 Å². The molecule has 3 rings (SSSR count). The summed E-state index contributed by atoms with van der Waals surface area (Å²) in [5.74, 6) is 0.894. The summed E-state index contributed by atoms with van der Waals surface area (Å²) in [4.78, 5) is 12.3. The number of aryl methyl sites for hydroxylation is 1. The van der Waals surface area contributed by atoms with Crippen molar-refractivity contribution in [2.24, 2.45) is 0 Å². The minimum Gasteiger partial charge on any atom is -0.421 e. The highest BCUT2D eigenvalue weighted by Crippen LogP contribution is 2.18. The largest absolute Gasteiger partial charge is 0.421 e. The van der Waals surface area contributed by atoms with Crippen LogP contribution in [0.2, 0.25) is 0 Å². The lowest BCUT2D eigenvalue weighted by atomic mass is 10.1. The first-order chi connectivity index (χ1) is 11.1. The summed E-state index contributed by atoms with van der Waals surface area (Å²) >= 11 is 1.67. The highest BCUT2D eigenvalue weighted by molar-refractivity contribution is 7.07. The average molecular weight is 327 g/mol. The monoisotopic (exact) mass is 327 g/mol. The molecule has 5 nitrogen and oxygen atoms in total. The van der Waals surface area contributed by atoms with E-state index in [9.17, 15) is 4.79 Å². The van der Waals surface area contributed by atoms with Gasteiger partial charge in [0, 0.05) is 24.1 Å². The SMILES string of the molecule is Cc1nnc(-c2ccc(C(=O)N[C@H](C)Cc3ccsc3)cc2)o1. The summed E-state index contributed by atoms with van der Waals surface area (Å²) in [5.41, 5.74) is 2.65. The van der Waals surface area contributed by atoms with Crippen molar-refractivity contribution in [3.05, 3.63) is 58.1 Å². The van der Waals surface area contributed by atoms with E-state index in [1.54, 1.807) is 30.4 Å². The van der Waals surface area contributed by atoms with Gasteiger partial charge < -0.3 is 9.73 Å². The van der Waals surface area contributed by atoms with Crippen molar-refractivity contribution >= 4 is 17.2 Å². The van der Waals surface area contributed by atoms with E-state index < -0.39 is 0 Å². The van der Waals surface area contributed by atoms with E-state index in [-0.39, 0.29) is 11.9 Å². The lowest BCUT2D eigenvalue weighted by molar-refractivity contribution is 0.0940. The summed E-state index contributed by atoms with van der Waals surface area (Å²) in [6, 6.07) is 9.31. The van der Waals surface area contributed by atoms with Gasteiger partial charge in [-0.25, -0.2) is 0 Å². The maximum Gasteiger partial charge on any atom is 0.251 e. The van der Waals surface area contributed by atoms with Crippen LogP contribution >= 0.6 is 11.3 Å². The van der Waals surface area contributed by atoms with Crippen LogP contribution in [0.25, 0.3) is 11.5 Å². The third-order valence-electron chi connectivity index (χ3n) is 3.42. The zero-order chi connectivity index (χ0) is 16.2. The number of hydrogen-bond donors (Lipinski definition) is 1. The van der Waals surface area contributed by atoms with Crippen LogP contribution in [0.1, 0.15) is 28.7 Å². The number of nitrogens with one attached hydrogen (secondary N) is 1. The molecule has 0 aliphatic rings. The van der Waals surface area contributed by atoms with Crippen molar-refractivity contribution in [1.82, 2.24) is 15.5 Å². The Morgan fingerprint density at radius 1 is 1.26 bits per heavy atom. The number of amides is 1. The minimum atomic E-state index is -0.0824. The van der Waals surface area contributed by atoms with Gasteiger partial charge in [0.1, 0.15) is 0 Å². The highest BCUT2D eigenvalue weighted by atomic mass is 32.1. The number of carbonyl (C=O) groups excluding carboxylic acids is 1. The van der Waals surface area contributed by atoms with Gasteiger partial charge in [0.2, 0.25) is 11.8 Å². The number of rotatable bonds is 5. The summed E-state index contributed by atoms with van der Waals surface area (Å²) in [5, 5.41) is 14.9. The van der Waals surface area contributed by atoms with E-state index in [1.807, 2.05) is 24.4 Å². The Bertz CT molecular complexity index is 779. The van der Waals surface area contributed by atoms with E-state index in [2.05, 4.69) is 27.0 Å². The van der Waals surface area contributed by atoms with Crippen LogP contribution in [0, 0.1) is 6.92 Å². The Morgan fingerprint density at radius 2 is 2.04 bits per heavy atom. The Hall–Kier alpha value is -2.47. The molecule has 3 aromatic rings. The molecule has 2 heterocycles. The van der Waals surface area contributed by atoms with Crippen molar-refractivity contribution in [1.29, 1.82) is 0 Å². The zero-order valence-corrected chi connectivity index (χ0v) is 13.8. The molecule has 0 saturated heterocycles. The normalized spacial score (nSPS) is 12.1. The molecule has 0 radical (unpaired) electrons. The molecule has 2 aromatic heterocycles. The van der Waals surface area contributed by atoms with Gasteiger partial charge in [0.25, 0.3) is 5.91 Å². The number of hydrogen-bond acceptors (Lipinski definition) is 5. The standard InChI is InChI=1S/C17H17N3O2S/c1-11(9-13-7-8-23-10-13)18-16(21)14-3-5-15(6-4-14)17-20-19-12(2)22-17/h3-8,10-11H,9H2,1-2H3,(H,18,21)/t11-/m1/s1. The quantitative estimate of drug-likeness (QED) is 0.779. The second-order valence-corrected chi connectivity index (χ2v) is 6.19. The number of nitrogens with zero attached hydrogens (tertiary/aromatic N) is 2. The van der Waals surface area contributed by atoms with E-state index in [0.717, 1.165) is 12.0 Å².